The molecule has 4 fully saturated rings. The van der Waals surface area contributed by atoms with Gasteiger partial charge in [0.15, 0.2) is 6.29 Å². The van der Waals surface area contributed by atoms with Gasteiger partial charge < -0.3 is 19.7 Å². The summed E-state index contributed by atoms with van der Waals surface area (Å²) in [6.45, 7) is 12.8. The lowest BCUT2D eigenvalue weighted by Gasteiger charge is -2.62. The SMILES string of the molecule is CC(=O)C1CC[C@]2(O)C3CC=C4CC(OC5OC(C)C(C)C(C)C5Sc5ccccc5)CC[C@]4(C)C3C[C@@H](O)[C@]12C. The Labute approximate surface area is 250 Å². The van der Waals surface area contributed by atoms with Crippen LogP contribution in [0.25, 0.3) is 0 Å². The second kappa shape index (κ2) is 10.8. The van der Waals surface area contributed by atoms with E-state index < -0.39 is 17.1 Å². The van der Waals surface area contributed by atoms with Crippen molar-refractivity contribution in [2.75, 3.05) is 0 Å². The Hall–Kier alpha value is -1.18. The molecule has 226 valence electrons. The van der Waals surface area contributed by atoms with Gasteiger partial charge in [0.1, 0.15) is 5.78 Å². The Balaban J connectivity index is 1.21. The van der Waals surface area contributed by atoms with E-state index in [4.69, 9.17) is 9.47 Å². The van der Waals surface area contributed by atoms with Crippen molar-refractivity contribution in [3.63, 3.8) is 0 Å². The van der Waals surface area contributed by atoms with E-state index >= 15 is 0 Å². The Morgan fingerprint density at radius 3 is 2.49 bits per heavy atom. The van der Waals surface area contributed by atoms with Gasteiger partial charge in [-0.1, -0.05) is 57.5 Å². The zero-order valence-corrected chi connectivity index (χ0v) is 26.5. The highest BCUT2D eigenvalue weighted by Crippen LogP contribution is 2.68. The molecule has 1 heterocycles. The molecule has 41 heavy (non-hydrogen) atoms. The molecular formula is C35H50O5S. The molecule has 1 aromatic rings. The summed E-state index contributed by atoms with van der Waals surface area (Å²) in [6.07, 6.45) is 7.24. The first-order valence-corrected chi connectivity index (χ1v) is 16.9. The highest BCUT2D eigenvalue weighted by Gasteiger charge is 2.70. The molecule has 1 aromatic carbocycles. The molecule has 4 aliphatic carbocycles. The maximum absolute atomic E-state index is 12.6. The lowest BCUT2D eigenvalue weighted by atomic mass is 9.45. The molecule has 6 rings (SSSR count). The predicted octanol–water partition coefficient (Wildman–Crippen LogP) is 6.80. The average Bonchev–Trinajstić information content (AvgIpc) is 3.23. The van der Waals surface area contributed by atoms with Crippen LogP contribution in [0.15, 0.2) is 46.9 Å². The summed E-state index contributed by atoms with van der Waals surface area (Å²) >= 11 is 1.88. The number of hydrogen-bond donors (Lipinski definition) is 2. The number of Topliss-reactive ketones (excluding diaryl/α,β-unsaturated/α-hetero) is 1. The average molecular weight is 583 g/mol. The van der Waals surface area contributed by atoms with Crippen LogP contribution in [-0.2, 0) is 14.3 Å². The summed E-state index contributed by atoms with van der Waals surface area (Å²) in [5.41, 5.74) is -0.426. The largest absolute Gasteiger partial charge is 0.392 e. The number of allylic oxidation sites excluding steroid dienone is 1. The molecule has 13 atom stereocenters. The molecule has 0 spiro atoms. The van der Waals surface area contributed by atoms with Crippen LogP contribution in [0.2, 0.25) is 0 Å². The molecule has 2 N–H and O–H groups in total. The highest BCUT2D eigenvalue weighted by atomic mass is 32.2. The predicted molar refractivity (Wildman–Crippen MR) is 162 cm³/mol. The number of thioether (sulfide) groups is 1. The van der Waals surface area contributed by atoms with Gasteiger partial charge in [-0.3, -0.25) is 4.79 Å². The van der Waals surface area contributed by atoms with Gasteiger partial charge in [0.05, 0.1) is 29.2 Å². The van der Waals surface area contributed by atoms with Gasteiger partial charge in [0.2, 0.25) is 0 Å². The first kappa shape index (κ1) is 29.9. The fourth-order valence-corrected chi connectivity index (χ4v) is 11.2. The number of fused-ring (bicyclic) bond motifs is 5. The molecule has 0 amide bonds. The number of ether oxygens (including phenoxy) is 2. The van der Waals surface area contributed by atoms with Crippen molar-refractivity contribution >= 4 is 17.5 Å². The van der Waals surface area contributed by atoms with E-state index in [9.17, 15) is 15.0 Å². The fourth-order valence-electron chi connectivity index (χ4n) is 9.85. The summed E-state index contributed by atoms with van der Waals surface area (Å²) in [6, 6.07) is 10.6. The molecule has 1 saturated heterocycles. The standard InChI is InChI=1S/C35H50O5S/c1-20-21(2)31(41-26-10-8-7-9-11-26)32(39-23(20)4)40-25-14-16-33(5)24(18-25)12-13-28-29(33)19-30(37)34(6)27(22(3)36)15-17-35(28,34)38/h7-12,20-21,23,25,27-32,37-38H,13-19H2,1-6H3/t20?,21?,23?,25?,27?,28?,29?,30-,31?,32?,33+,34+,35+/m1/s1. The van der Waals surface area contributed by atoms with Crippen LogP contribution in [-0.4, -0.2) is 51.4 Å². The van der Waals surface area contributed by atoms with Gasteiger partial charge in [-0.2, -0.15) is 0 Å². The number of ketones is 1. The van der Waals surface area contributed by atoms with E-state index in [2.05, 4.69) is 64.1 Å². The van der Waals surface area contributed by atoms with Crippen molar-refractivity contribution in [3.8, 4) is 0 Å². The van der Waals surface area contributed by atoms with E-state index in [1.165, 1.54) is 10.5 Å². The Morgan fingerprint density at radius 2 is 1.78 bits per heavy atom. The van der Waals surface area contributed by atoms with Crippen LogP contribution in [0.4, 0.5) is 0 Å². The minimum atomic E-state index is -1.01. The molecule has 0 bridgehead atoms. The van der Waals surface area contributed by atoms with Gasteiger partial charge in [-0.25, -0.2) is 0 Å². The maximum atomic E-state index is 12.6. The van der Waals surface area contributed by atoms with Crippen molar-refractivity contribution in [2.24, 2.45) is 40.4 Å². The maximum Gasteiger partial charge on any atom is 0.170 e. The Bertz CT molecular complexity index is 1170. The lowest BCUT2D eigenvalue weighted by molar-refractivity contribution is -0.240. The summed E-state index contributed by atoms with van der Waals surface area (Å²) in [4.78, 5) is 13.8. The second-order valence-electron chi connectivity index (χ2n) is 14.6. The zero-order valence-electron chi connectivity index (χ0n) is 25.7. The third-order valence-corrected chi connectivity index (χ3v) is 14.3. The van der Waals surface area contributed by atoms with E-state index in [1.807, 2.05) is 18.7 Å². The summed E-state index contributed by atoms with van der Waals surface area (Å²) in [7, 11) is 0. The van der Waals surface area contributed by atoms with Crippen LogP contribution in [0, 0.1) is 40.4 Å². The van der Waals surface area contributed by atoms with Gasteiger partial charge in [0, 0.05) is 16.2 Å². The lowest BCUT2D eigenvalue weighted by Crippen LogP contribution is -2.66. The van der Waals surface area contributed by atoms with Gasteiger partial charge in [-0.15, -0.1) is 11.8 Å². The first-order valence-electron chi connectivity index (χ1n) is 16.0. The molecule has 1 aliphatic heterocycles. The molecular weight excluding hydrogens is 532 g/mol. The molecule has 0 aromatic heterocycles. The summed E-state index contributed by atoms with van der Waals surface area (Å²) in [5.74, 6) is 1.02. The number of aliphatic hydroxyl groups excluding tert-OH is 1. The summed E-state index contributed by atoms with van der Waals surface area (Å²) in [5, 5.41) is 24.1. The normalized spacial score (nSPS) is 49.4. The summed E-state index contributed by atoms with van der Waals surface area (Å²) < 4.78 is 13.4. The fraction of sp³-hybridized carbons (Fsp3) is 0.743. The van der Waals surface area contributed by atoms with Gasteiger partial charge >= 0.3 is 0 Å². The van der Waals surface area contributed by atoms with Crippen LogP contribution in [0.5, 0.6) is 0 Å². The Kier molecular flexibility index (Phi) is 7.84. The van der Waals surface area contributed by atoms with Crippen LogP contribution >= 0.6 is 11.8 Å². The number of carbonyl (C=O) groups excluding carboxylic acids is 1. The molecule has 0 radical (unpaired) electrons. The Morgan fingerprint density at radius 1 is 1.05 bits per heavy atom. The molecule has 9 unspecified atom stereocenters. The van der Waals surface area contributed by atoms with Crippen LogP contribution in [0.1, 0.15) is 86.5 Å². The van der Waals surface area contributed by atoms with Crippen LogP contribution < -0.4 is 0 Å². The third-order valence-electron chi connectivity index (χ3n) is 12.9. The molecule has 5 aliphatic rings. The molecule has 3 saturated carbocycles. The van der Waals surface area contributed by atoms with Crippen molar-refractivity contribution < 1.29 is 24.5 Å². The number of carbonyl (C=O) groups is 1. The van der Waals surface area contributed by atoms with E-state index in [0.717, 1.165) is 25.7 Å². The molecule has 6 heteroatoms. The minimum Gasteiger partial charge on any atom is -0.392 e. The van der Waals surface area contributed by atoms with Crippen LogP contribution in [0.3, 0.4) is 0 Å². The van der Waals surface area contributed by atoms with Crippen molar-refractivity contribution in [2.45, 2.75) is 127 Å². The van der Waals surface area contributed by atoms with E-state index in [1.54, 1.807) is 6.92 Å². The minimum absolute atomic E-state index is 0.0722. The zero-order chi connectivity index (χ0) is 29.3. The number of hydrogen-bond acceptors (Lipinski definition) is 6. The molecule has 5 nitrogen and oxygen atoms in total. The third kappa shape index (κ3) is 4.61. The van der Waals surface area contributed by atoms with Crippen molar-refractivity contribution in [1.29, 1.82) is 0 Å². The van der Waals surface area contributed by atoms with E-state index in [-0.39, 0.29) is 52.7 Å². The topological polar surface area (TPSA) is 76.0 Å². The number of rotatable bonds is 5. The number of aliphatic hydroxyl groups is 2. The number of benzene rings is 1. The van der Waals surface area contributed by atoms with E-state index in [0.29, 0.717) is 31.1 Å². The smallest absolute Gasteiger partial charge is 0.170 e. The van der Waals surface area contributed by atoms with Gasteiger partial charge in [-0.05, 0) is 100 Å². The van der Waals surface area contributed by atoms with Gasteiger partial charge in [0.25, 0.3) is 0 Å². The second-order valence-corrected chi connectivity index (χ2v) is 15.8. The quantitative estimate of drug-likeness (QED) is 0.372. The van der Waals surface area contributed by atoms with Crippen molar-refractivity contribution in [1.82, 2.24) is 0 Å². The first-order chi connectivity index (χ1) is 19.4. The monoisotopic (exact) mass is 582 g/mol. The highest BCUT2D eigenvalue weighted by molar-refractivity contribution is 8.00. The van der Waals surface area contributed by atoms with Crippen molar-refractivity contribution in [3.05, 3.63) is 42.0 Å².